The standard InChI is InChI=1S/C21H28FN3O2/c1-23-13-20(27)25(18-8-4-7-17(22)12-18)15-21(23)9-10-24(14-21)19(26)11-16-5-2-3-6-16/h4,7-8,12,16H,2-3,5-6,9-11,13-15H2,1H3/t21-/m0/s1. The van der Waals surface area contributed by atoms with Gasteiger partial charge in [0, 0.05) is 31.7 Å². The molecule has 0 bridgehead atoms. The molecule has 0 unspecified atom stereocenters. The van der Waals surface area contributed by atoms with Gasteiger partial charge in [-0.3, -0.25) is 14.5 Å². The summed E-state index contributed by atoms with van der Waals surface area (Å²) in [6, 6.07) is 6.21. The molecule has 3 fully saturated rings. The van der Waals surface area contributed by atoms with E-state index < -0.39 is 0 Å². The molecule has 0 aromatic heterocycles. The minimum atomic E-state index is -0.340. The third-order valence-corrected chi connectivity index (χ3v) is 6.68. The number of benzene rings is 1. The molecule has 6 heteroatoms. The van der Waals surface area contributed by atoms with Gasteiger partial charge in [0.05, 0.1) is 12.1 Å². The Balaban J connectivity index is 1.48. The summed E-state index contributed by atoms with van der Waals surface area (Å²) in [6.45, 7) is 2.18. The van der Waals surface area contributed by atoms with Crippen molar-refractivity contribution >= 4 is 17.5 Å². The first-order valence-electron chi connectivity index (χ1n) is 10.0. The number of carbonyl (C=O) groups excluding carboxylic acids is 2. The maximum absolute atomic E-state index is 13.7. The first kappa shape index (κ1) is 18.4. The maximum Gasteiger partial charge on any atom is 0.241 e. The van der Waals surface area contributed by atoms with E-state index >= 15 is 0 Å². The average molecular weight is 373 g/mol. The number of likely N-dealkylation sites (N-methyl/N-ethyl adjacent to an activating group) is 1. The van der Waals surface area contributed by atoms with E-state index in [1.165, 1.54) is 37.8 Å². The highest BCUT2D eigenvalue weighted by molar-refractivity contribution is 5.96. The monoisotopic (exact) mass is 373 g/mol. The van der Waals surface area contributed by atoms with Crippen LogP contribution in [0.25, 0.3) is 0 Å². The van der Waals surface area contributed by atoms with E-state index in [1.54, 1.807) is 17.0 Å². The van der Waals surface area contributed by atoms with Crippen LogP contribution in [-0.2, 0) is 9.59 Å². The number of nitrogens with zero attached hydrogens (tertiary/aromatic N) is 3. The SMILES string of the molecule is CN1CC(=O)N(c2cccc(F)c2)C[C@@]12CCN(C(=O)CC1CCCC1)C2. The highest BCUT2D eigenvalue weighted by Gasteiger charge is 2.48. The number of likely N-dealkylation sites (tertiary alicyclic amines) is 1. The van der Waals surface area contributed by atoms with Crippen molar-refractivity contribution in [3.8, 4) is 0 Å². The topological polar surface area (TPSA) is 43.9 Å². The van der Waals surface area contributed by atoms with Gasteiger partial charge in [-0.15, -0.1) is 0 Å². The van der Waals surface area contributed by atoms with Crippen molar-refractivity contribution in [2.75, 3.05) is 38.1 Å². The van der Waals surface area contributed by atoms with Gasteiger partial charge in [-0.05, 0) is 50.4 Å². The Labute approximate surface area is 160 Å². The van der Waals surface area contributed by atoms with E-state index in [9.17, 15) is 14.0 Å². The minimum Gasteiger partial charge on any atom is -0.341 e. The number of rotatable bonds is 3. The molecule has 1 spiro atoms. The van der Waals surface area contributed by atoms with Crippen LogP contribution < -0.4 is 4.90 Å². The summed E-state index contributed by atoms with van der Waals surface area (Å²) in [5.41, 5.74) is 0.356. The van der Waals surface area contributed by atoms with Crippen LogP contribution in [0.2, 0.25) is 0 Å². The normalized spacial score (nSPS) is 27.1. The number of hydrogen-bond acceptors (Lipinski definition) is 3. The lowest BCUT2D eigenvalue weighted by Crippen LogP contribution is -2.64. The van der Waals surface area contributed by atoms with Gasteiger partial charge in [-0.2, -0.15) is 0 Å². The maximum atomic E-state index is 13.7. The van der Waals surface area contributed by atoms with Gasteiger partial charge in [0.1, 0.15) is 5.82 Å². The van der Waals surface area contributed by atoms with Gasteiger partial charge in [-0.25, -0.2) is 4.39 Å². The van der Waals surface area contributed by atoms with Crippen molar-refractivity contribution in [2.45, 2.75) is 44.1 Å². The fourth-order valence-electron chi connectivity index (χ4n) is 4.94. The number of carbonyl (C=O) groups is 2. The second-order valence-corrected chi connectivity index (χ2v) is 8.46. The molecule has 1 aromatic carbocycles. The second kappa shape index (κ2) is 7.23. The smallest absolute Gasteiger partial charge is 0.241 e. The molecule has 2 saturated heterocycles. The molecule has 1 aliphatic carbocycles. The van der Waals surface area contributed by atoms with Gasteiger partial charge in [0.2, 0.25) is 11.8 Å². The summed E-state index contributed by atoms with van der Waals surface area (Å²) in [7, 11) is 1.96. The zero-order chi connectivity index (χ0) is 19.0. The third kappa shape index (κ3) is 3.59. The molecule has 0 radical (unpaired) electrons. The van der Waals surface area contributed by atoms with Crippen LogP contribution in [-0.4, -0.2) is 60.4 Å². The van der Waals surface area contributed by atoms with E-state index in [2.05, 4.69) is 4.90 Å². The summed E-state index contributed by atoms with van der Waals surface area (Å²) in [6.07, 6.45) is 6.34. The van der Waals surface area contributed by atoms with Crippen molar-refractivity contribution in [1.82, 2.24) is 9.80 Å². The van der Waals surface area contributed by atoms with Gasteiger partial charge < -0.3 is 9.80 Å². The molecule has 0 N–H and O–H groups in total. The predicted molar refractivity (Wildman–Crippen MR) is 102 cm³/mol. The Kier molecular flexibility index (Phi) is 4.93. The fraction of sp³-hybridized carbons (Fsp3) is 0.619. The van der Waals surface area contributed by atoms with Crippen LogP contribution in [0, 0.1) is 11.7 Å². The van der Waals surface area contributed by atoms with Crippen molar-refractivity contribution in [3.63, 3.8) is 0 Å². The third-order valence-electron chi connectivity index (χ3n) is 6.68. The summed E-state index contributed by atoms with van der Waals surface area (Å²) < 4.78 is 13.7. The number of piperazine rings is 1. The lowest BCUT2D eigenvalue weighted by molar-refractivity contribution is -0.131. The van der Waals surface area contributed by atoms with E-state index in [-0.39, 0.29) is 23.2 Å². The minimum absolute atomic E-state index is 0.0237. The Morgan fingerprint density at radius 3 is 2.78 bits per heavy atom. The quantitative estimate of drug-likeness (QED) is 0.818. The Hall–Kier alpha value is -1.95. The molecule has 2 heterocycles. The number of halogens is 1. The number of anilines is 1. The summed E-state index contributed by atoms with van der Waals surface area (Å²) in [5, 5.41) is 0. The molecule has 3 aliphatic rings. The summed E-state index contributed by atoms with van der Waals surface area (Å²) in [4.78, 5) is 31.1. The van der Waals surface area contributed by atoms with E-state index in [0.717, 1.165) is 13.0 Å². The first-order chi connectivity index (χ1) is 13.0. The van der Waals surface area contributed by atoms with Crippen LogP contribution >= 0.6 is 0 Å². The molecule has 1 saturated carbocycles. The molecule has 2 amide bonds. The number of amides is 2. The molecule has 2 aliphatic heterocycles. The van der Waals surface area contributed by atoms with Crippen molar-refractivity contribution in [2.24, 2.45) is 5.92 Å². The molecule has 146 valence electrons. The highest BCUT2D eigenvalue weighted by atomic mass is 19.1. The van der Waals surface area contributed by atoms with Crippen molar-refractivity contribution < 1.29 is 14.0 Å². The van der Waals surface area contributed by atoms with E-state index in [0.29, 0.717) is 37.7 Å². The zero-order valence-corrected chi connectivity index (χ0v) is 16.0. The summed E-state index contributed by atoms with van der Waals surface area (Å²) >= 11 is 0. The average Bonchev–Trinajstić information content (AvgIpc) is 3.29. The van der Waals surface area contributed by atoms with E-state index in [1.807, 2.05) is 11.9 Å². The molecular formula is C21H28FN3O2. The summed E-state index contributed by atoms with van der Waals surface area (Å²) in [5.74, 6) is 0.433. The molecule has 4 rings (SSSR count). The molecule has 1 aromatic rings. The molecular weight excluding hydrogens is 345 g/mol. The second-order valence-electron chi connectivity index (χ2n) is 8.46. The van der Waals surface area contributed by atoms with Crippen LogP contribution in [0.5, 0.6) is 0 Å². The lowest BCUT2D eigenvalue weighted by Gasteiger charge is -2.46. The molecule has 5 nitrogen and oxygen atoms in total. The molecule has 1 atom stereocenters. The van der Waals surface area contributed by atoms with Crippen molar-refractivity contribution in [1.29, 1.82) is 0 Å². The van der Waals surface area contributed by atoms with Crippen LogP contribution in [0.3, 0.4) is 0 Å². The predicted octanol–water partition coefficient (Wildman–Crippen LogP) is 2.66. The van der Waals surface area contributed by atoms with Crippen LogP contribution in [0.4, 0.5) is 10.1 Å². The van der Waals surface area contributed by atoms with Crippen LogP contribution in [0.15, 0.2) is 24.3 Å². The fourth-order valence-corrected chi connectivity index (χ4v) is 4.94. The van der Waals surface area contributed by atoms with Gasteiger partial charge in [0.25, 0.3) is 0 Å². The zero-order valence-electron chi connectivity index (χ0n) is 16.0. The largest absolute Gasteiger partial charge is 0.341 e. The Morgan fingerprint density at radius 2 is 2.04 bits per heavy atom. The Morgan fingerprint density at radius 1 is 1.26 bits per heavy atom. The van der Waals surface area contributed by atoms with Crippen LogP contribution in [0.1, 0.15) is 38.5 Å². The Bertz CT molecular complexity index is 734. The van der Waals surface area contributed by atoms with Crippen molar-refractivity contribution in [3.05, 3.63) is 30.1 Å². The highest BCUT2D eigenvalue weighted by Crippen LogP contribution is 2.35. The first-order valence-corrected chi connectivity index (χ1v) is 10.0. The van der Waals surface area contributed by atoms with Gasteiger partial charge >= 0.3 is 0 Å². The number of hydrogen-bond donors (Lipinski definition) is 0. The lowest BCUT2D eigenvalue weighted by atomic mass is 9.92. The van der Waals surface area contributed by atoms with Gasteiger partial charge in [0.15, 0.2) is 0 Å². The van der Waals surface area contributed by atoms with E-state index in [4.69, 9.17) is 0 Å². The molecule has 27 heavy (non-hydrogen) atoms. The van der Waals surface area contributed by atoms with Gasteiger partial charge in [-0.1, -0.05) is 18.9 Å².